The van der Waals surface area contributed by atoms with Gasteiger partial charge in [-0.1, -0.05) is 48.5 Å². The van der Waals surface area contributed by atoms with Gasteiger partial charge >= 0.3 is 0 Å². The Morgan fingerprint density at radius 2 is 1.62 bits per heavy atom. The van der Waals surface area contributed by atoms with Crippen molar-refractivity contribution in [3.63, 3.8) is 0 Å². The number of aryl methyl sites for hydroxylation is 1. The highest BCUT2D eigenvalue weighted by Gasteiger charge is 2.48. The summed E-state index contributed by atoms with van der Waals surface area (Å²) < 4.78 is 0. The topological polar surface area (TPSA) is 46.5 Å². The van der Waals surface area contributed by atoms with Crippen LogP contribution in [0.3, 0.4) is 0 Å². The van der Waals surface area contributed by atoms with Crippen LogP contribution >= 0.6 is 0 Å². The second-order valence-corrected chi connectivity index (χ2v) is 7.36. The summed E-state index contributed by atoms with van der Waals surface area (Å²) in [4.78, 5) is 31.0. The van der Waals surface area contributed by atoms with Crippen LogP contribution in [-0.4, -0.2) is 17.3 Å². The molecule has 5 rings (SSSR count). The number of allylic oxidation sites excluding steroid dienone is 2. The van der Waals surface area contributed by atoms with E-state index < -0.39 is 0 Å². The Kier molecular flexibility index (Phi) is 3.33. The van der Waals surface area contributed by atoms with E-state index in [0.29, 0.717) is 6.42 Å². The first-order valence-electron chi connectivity index (χ1n) is 9.21. The fourth-order valence-electron chi connectivity index (χ4n) is 4.72. The van der Waals surface area contributed by atoms with E-state index in [9.17, 15) is 9.59 Å². The lowest BCUT2D eigenvalue weighted by molar-refractivity contribution is -0.116. The van der Waals surface area contributed by atoms with Crippen molar-refractivity contribution in [1.29, 1.82) is 0 Å². The Balaban J connectivity index is 1.80. The molecular weight excluding hydrogens is 322 g/mol. The molecule has 2 aliphatic carbocycles. The SMILES string of the molecule is Cc1ccccc1[C@@H]1C2=C(CCCC2=O)N=C2c3ccccc3C(=O)[C@H]21. The molecule has 0 saturated carbocycles. The van der Waals surface area contributed by atoms with Crippen LogP contribution in [0.5, 0.6) is 0 Å². The van der Waals surface area contributed by atoms with E-state index in [0.717, 1.165) is 52.1 Å². The number of carbonyl (C=O) groups excluding carboxylic acids is 2. The Labute approximate surface area is 152 Å². The number of hydrogen-bond acceptors (Lipinski definition) is 3. The molecule has 3 heteroatoms. The van der Waals surface area contributed by atoms with Crippen LogP contribution in [0.25, 0.3) is 0 Å². The van der Waals surface area contributed by atoms with Crippen molar-refractivity contribution < 1.29 is 9.59 Å². The van der Waals surface area contributed by atoms with Gasteiger partial charge in [-0.25, -0.2) is 0 Å². The number of aliphatic imine (C=N–C) groups is 1. The Morgan fingerprint density at radius 3 is 2.42 bits per heavy atom. The number of fused-ring (bicyclic) bond motifs is 3. The van der Waals surface area contributed by atoms with Gasteiger partial charge in [0, 0.05) is 34.7 Å². The molecule has 3 aliphatic rings. The van der Waals surface area contributed by atoms with E-state index >= 15 is 0 Å². The standard InChI is InChI=1S/C23H19NO2/c1-13-7-2-3-8-14(13)19-20-17(11-6-12-18(20)25)24-22-15-9-4-5-10-16(15)23(26)21(19)22/h2-5,7-10,19,21H,6,11-12H2,1H3/t19-,21+/m1/s1. The maximum atomic E-state index is 13.3. The molecule has 128 valence electrons. The van der Waals surface area contributed by atoms with E-state index in [1.165, 1.54) is 0 Å². The fraction of sp³-hybridized carbons (Fsp3) is 0.261. The summed E-state index contributed by atoms with van der Waals surface area (Å²) in [6.45, 7) is 2.06. The van der Waals surface area contributed by atoms with Crippen LogP contribution in [-0.2, 0) is 4.79 Å². The highest BCUT2D eigenvalue weighted by molar-refractivity contribution is 6.30. The minimum atomic E-state index is -0.380. The third-order valence-corrected chi connectivity index (χ3v) is 5.90. The third-order valence-electron chi connectivity index (χ3n) is 5.90. The van der Waals surface area contributed by atoms with Crippen LogP contribution < -0.4 is 0 Å². The third kappa shape index (κ3) is 2.03. The Bertz CT molecular complexity index is 1030. The van der Waals surface area contributed by atoms with Gasteiger partial charge in [-0.3, -0.25) is 14.6 Å². The van der Waals surface area contributed by atoms with Gasteiger partial charge in [0.25, 0.3) is 0 Å². The second-order valence-electron chi connectivity index (χ2n) is 7.36. The lowest BCUT2D eigenvalue weighted by atomic mass is 9.70. The van der Waals surface area contributed by atoms with Gasteiger partial charge in [0.2, 0.25) is 0 Å². The molecule has 0 spiro atoms. The molecule has 2 atom stereocenters. The molecule has 26 heavy (non-hydrogen) atoms. The van der Waals surface area contributed by atoms with Crippen LogP contribution in [0.15, 0.2) is 64.8 Å². The number of nitrogens with zero attached hydrogens (tertiary/aromatic N) is 1. The lowest BCUT2D eigenvalue weighted by Crippen LogP contribution is -2.34. The average Bonchev–Trinajstić information content (AvgIpc) is 2.94. The molecule has 0 amide bonds. The number of ketones is 2. The Hall–Kier alpha value is -2.81. The lowest BCUT2D eigenvalue weighted by Gasteiger charge is -2.33. The van der Waals surface area contributed by atoms with Crippen molar-refractivity contribution >= 4 is 17.3 Å². The van der Waals surface area contributed by atoms with Crippen molar-refractivity contribution in [2.45, 2.75) is 32.1 Å². The van der Waals surface area contributed by atoms with Gasteiger partial charge in [-0.05, 0) is 30.9 Å². The maximum absolute atomic E-state index is 13.3. The molecular formula is C23H19NO2. The molecule has 0 radical (unpaired) electrons. The zero-order valence-electron chi connectivity index (χ0n) is 14.7. The number of hydrogen-bond donors (Lipinski definition) is 0. The molecule has 3 nitrogen and oxygen atoms in total. The number of rotatable bonds is 1. The highest BCUT2D eigenvalue weighted by atomic mass is 16.1. The van der Waals surface area contributed by atoms with Crippen molar-refractivity contribution in [2.75, 3.05) is 0 Å². The molecule has 1 aliphatic heterocycles. The molecule has 0 N–H and O–H groups in total. The van der Waals surface area contributed by atoms with Crippen LogP contribution in [0.2, 0.25) is 0 Å². The van der Waals surface area contributed by atoms with Gasteiger partial charge in [-0.2, -0.15) is 0 Å². The summed E-state index contributed by atoms with van der Waals surface area (Å²) in [7, 11) is 0. The van der Waals surface area contributed by atoms with Gasteiger partial charge in [-0.15, -0.1) is 0 Å². The largest absolute Gasteiger partial charge is 0.294 e. The summed E-state index contributed by atoms with van der Waals surface area (Å²) >= 11 is 0. The first kappa shape index (κ1) is 15.4. The van der Waals surface area contributed by atoms with Crippen LogP contribution in [0, 0.1) is 12.8 Å². The molecule has 0 unspecified atom stereocenters. The second kappa shape index (κ2) is 5.60. The summed E-state index contributed by atoms with van der Waals surface area (Å²) in [5, 5.41) is 0. The number of Topliss-reactive ketones (excluding diaryl/α,β-unsaturated/α-hetero) is 2. The maximum Gasteiger partial charge on any atom is 0.173 e. The van der Waals surface area contributed by atoms with Gasteiger partial charge in [0.05, 0.1) is 11.6 Å². The first-order chi connectivity index (χ1) is 12.7. The smallest absolute Gasteiger partial charge is 0.173 e. The van der Waals surface area contributed by atoms with Crippen LogP contribution in [0.1, 0.15) is 52.2 Å². The van der Waals surface area contributed by atoms with Crippen molar-refractivity contribution in [3.05, 3.63) is 82.1 Å². The van der Waals surface area contributed by atoms with Crippen LogP contribution in [0.4, 0.5) is 0 Å². The van der Waals surface area contributed by atoms with E-state index in [-0.39, 0.29) is 23.4 Å². The molecule has 0 bridgehead atoms. The quantitative estimate of drug-likeness (QED) is 0.772. The molecule has 2 aromatic carbocycles. The van der Waals surface area contributed by atoms with Gasteiger partial charge < -0.3 is 0 Å². The summed E-state index contributed by atoms with van der Waals surface area (Å²) in [5.74, 6) is -0.343. The predicted octanol–water partition coefficient (Wildman–Crippen LogP) is 4.40. The minimum absolute atomic E-state index is 0.0949. The van der Waals surface area contributed by atoms with Crippen molar-refractivity contribution in [3.8, 4) is 0 Å². The molecule has 0 saturated heterocycles. The first-order valence-corrected chi connectivity index (χ1v) is 9.21. The fourth-order valence-corrected chi connectivity index (χ4v) is 4.72. The summed E-state index contributed by atoms with van der Waals surface area (Å²) in [6, 6.07) is 15.8. The van der Waals surface area contributed by atoms with E-state index in [1.807, 2.05) is 36.4 Å². The Morgan fingerprint density at radius 1 is 0.885 bits per heavy atom. The normalized spacial score (nSPS) is 24.1. The zero-order chi connectivity index (χ0) is 17.8. The molecule has 0 aromatic heterocycles. The monoisotopic (exact) mass is 341 g/mol. The summed E-state index contributed by atoms with van der Waals surface area (Å²) in [6.07, 6.45) is 2.21. The van der Waals surface area contributed by atoms with E-state index in [2.05, 4.69) is 19.1 Å². The molecule has 0 fully saturated rings. The number of carbonyl (C=O) groups is 2. The minimum Gasteiger partial charge on any atom is -0.294 e. The van der Waals surface area contributed by atoms with Gasteiger partial charge in [0.15, 0.2) is 11.6 Å². The number of benzene rings is 2. The average molecular weight is 341 g/mol. The summed E-state index contributed by atoms with van der Waals surface area (Å²) in [5.41, 5.74) is 6.40. The van der Waals surface area contributed by atoms with E-state index in [4.69, 9.17) is 4.99 Å². The molecule has 1 heterocycles. The van der Waals surface area contributed by atoms with Crippen molar-refractivity contribution in [1.82, 2.24) is 0 Å². The molecule has 2 aromatic rings. The predicted molar refractivity (Wildman–Crippen MR) is 101 cm³/mol. The zero-order valence-corrected chi connectivity index (χ0v) is 14.7. The van der Waals surface area contributed by atoms with E-state index in [1.54, 1.807) is 0 Å². The van der Waals surface area contributed by atoms with Gasteiger partial charge in [0.1, 0.15) is 0 Å². The van der Waals surface area contributed by atoms with Crippen molar-refractivity contribution in [2.24, 2.45) is 10.9 Å². The highest BCUT2D eigenvalue weighted by Crippen LogP contribution is 2.48.